The number of hydrogen-bond donors (Lipinski definition) is 1. The maximum absolute atomic E-state index is 10.8. The van der Waals surface area contributed by atoms with Crippen LogP contribution in [-0.4, -0.2) is 18.6 Å². The molecule has 0 fully saturated rings. The number of hydrogen-bond acceptors (Lipinski definition) is 4. The van der Waals surface area contributed by atoms with Crippen LogP contribution in [0.4, 0.5) is 5.69 Å². The first kappa shape index (κ1) is 11.2. The quantitative estimate of drug-likeness (QED) is 0.601. The maximum Gasteiger partial charge on any atom is 0.280 e. The van der Waals surface area contributed by atoms with Gasteiger partial charge in [-0.3, -0.25) is 10.1 Å². The Morgan fingerprint density at radius 1 is 1.67 bits per heavy atom. The molecule has 0 aliphatic rings. The molecule has 0 heterocycles. The van der Waals surface area contributed by atoms with Crippen LogP contribution in [0.25, 0.3) is 5.57 Å². The summed E-state index contributed by atoms with van der Waals surface area (Å²) in [7, 11) is 1.45. The van der Waals surface area contributed by atoms with Crippen molar-refractivity contribution in [2.75, 3.05) is 13.7 Å². The van der Waals surface area contributed by atoms with E-state index in [1.54, 1.807) is 12.1 Å². The normalized spacial score (nSPS) is 9.73. The van der Waals surface area contributed by atoms with E-state index in [-0.39, 0.29) is 12.2 Å². The van der Waals surface area contributed by atoms with Crippen molar-refractivity contribution in [3.63, 3.8) is 0 Å². The molecule has 0 spiro atoms. The molecule has 0 unspecified atom stereocenters. The van der Waals surface area contributed by atoms with Gasteiger partial charge in [0.1, 0.15) is 5.75 Å². The van der Waals surface area contributed by atoms with E-state index in [9.17, 15) is 10.1 Å². The Hall–Kier alpha value is -1.88. The van der Waals surface area contributed by atoms with E-state index >= 15 is 0 Å². The summed E-state index contributed by atoms with van der Waals surface area (Å²) in [6.07, 6.45) is 0. The van der Waals surface area contributed by atoms with Gasteiger partial charge >= 0.3 is 0 Å². The Morgan fingerprint density at radius 3 is 2.80 bits per heavy atom. The van der Waals surface area contributed by atoms with Crippen molar-refractivity contribution in [3.8, 4) is 5.75 Å². The van der Waals surface area contributed by atoms with Crippen molar-refractivity contribution >= 4 is 11.3 Å². The van der Waals surface area contributed by atoms with E-state index in [4.69, 9.17) is 10.5 Å². The molecular formula is C10H12N2O3. The van der Waals surface area contributed by atoms with E-state index in [0.29, 0.717) is 16.9 Å². The van der Waals surface area contributed by atoms with Crippen molar-refractivity contribution in [1.29, 1.82) is 0 Å². The van der Waals surface area contributed by atoms with Gasteiger partial charge < -0.3 is 10.5 Å². The van der Waals surface area contributed by atoms with Crippen LogP contribution in [0.3, 0.4) is 0 Å². The van der Waals surface area contributed by atoms with Gasteiger partial charge in [0.05, 0.1) is 23.7 Å². The number of benzene rings is 1. The monoisotopic (exact) mass is 208 g/mol. The molecule has 5 nitrogen and oxygen atoms in total. The largest absolute Gasteiger partial charge is 0.497 e. The van der Waals surface area contributed by atoms with Gasteiger partial charge in [-0.2, -0.15) is 0 Å². The van der Waals surface area contributed by atoms with Crippen LogP contribution in [0.5, 0.6) is 5.75 Å². The van der Waals surface area contributed by atoms with E-state index in [0.717, 1.165) is 0 Å². The minimum Gasteiger partial charge on any atom is -0.497 e. The minimum absolute atomic E-state index is 0.0372. The maximum atomic E-state index is 10.8. The number of nitro benzene ring substituents is 1. The second-order valence-electron chi connectivity index (χ2n) is 2.95. The second-order valence-corrected chi connectivity index (χ2v) is 2.95. The highest BCUT2D eigenvalue weighted by atomic mass is 16.6. The van der Waals surface area contributed by atoms with Crippen molar-refractivity contribution in [2.45, 2.75) is 0 Å². The highest BCUT2D eigenvalue weighted by molar-refractivity contribution is 5.73. The summed E-state index contributed by atoms with van der Waals surface area (Å²) in [4.78, 5) is 10.3. The lowest BCUT2D eigenvalue weighted by Gasteiger charge is -2.06. The Labute approximate surface area is 87.3 Å². The van der Waals surface area contributed by atoms with Gasteiger partial charge in [-0.15, -0.1) is 0 Å². The first-order chi connectivity index (χ1) is 7.10. The topological polar surface area (TPSA) is 78.4 Å². The Bertz CT molecular complexity index is 402. The first-order valence-corrected chi connectivity index (χ1v) is 4.30. The standard InChI is InChI=1S/C10H12N2O3/c1-7(6-11)9-4-3-8(15-2)5-10(9)12(13)14/h3-5H,1,6,11H2,2H3. The van der Waals surface area contributed by atoms with E-state index < -0.39 is 4.92 Å². The number of methoxy groups -OCH3 is 1. The van der Waals surface area contributed by atoms with Crippen LogP contribution >= 0.6 is 0 Å². The van der Waals surface area contributed by atoms with Crippen LogP contribution in [0, 0.1) is 10.1 Å². The highest BCUT2D eigenvalue weighted by Gasteiger charge is 2.16. The van der Waals surface area contributed by atoms with Gasteiger partial charge in [0.15, 0.2) is 0 Å². The van der Waals surface area contributed by atoms with Crippen molar-refractivity contribution in [1.82, 2.24) is 0 Å². The van der Waals surface area contributed by atoms with Gasteiger partial charge in [0, 0.05) is 6.54 Å². The molecular weight excluding hydrogens is 196 g/mol. The molecule has 1 aromatic rings. The third-order valence-corrected chi connectivity index (χ3v) is 2.03. The van der Waals surface area contributed by atoms with Crippen LogP contribution in [0.15, 0.2) is 24.8 Å². The average Bonchev–Trinajstić information content (AvgIpc) is 2.27. The number of nitro groups is 1. The van der Waals surface area contributed by atoms with Crippen LogP contribution in [-0.2, 0) is 0 Å². The zero-order valence-corrected chi connectivity index (χ0v) is 8.40. The van der Waals surface area contributed by atoms with E-state index in [1.165, 1.54) is 13.2 Å². The van der Waals surface area contributed by atoms with E-state index in [2.05, 4.69) is 6.58 Å². The fourth-order valence-electron chi connectivity index (χ4n) is 1.20. The fraction of sp³-hybridized carbons (Fsp3) is 0.200. The van der Waals surface area contributed by atoms with E-state index in [1.807, 2.05) is 0 Å². The summed E-state index contributed by atoms with van der Waals surface area (Å²) in [5.41, 5.74) is 6.33. The average molecular weight is 208 g/mol. The molecule has 0 aliphatic carbocycles. The molecule has 0 aliphatic heterocycles. The summed E-state index contributed by atoms with van der Waals surface area (Å²) in [5.74, 6) is 0.440. The fourth-order valence-corrected chi connectivity index (χ4v) is 1.20. The Balaban J connectivity index is 3.27. The molecule has 0 radical (unpaired) electrons. The SMILES string of the molecule is C=C(CN)c1ccc(OC)cc1[N+](=O)[O-]. The summed E-state index contributed by atoms with van der Waals surface area (Å²) in [5, 5.41) is 10.8. The van der Waals surface area contributed by atoms with Crippen LogP contribution in [0.1, 0.15) is 5.56 Å². The molecule has 1 rings (SSSR count). The van der Waals surface area contributed by atoms with Gasteiger partial charge in [0.2, 0.25) is 0 Å². The summed E-state index contributed by atoms with van der Waals surface area (Å²) < 4.78 is 4.91. The van der Waals surface area contributed by atoms with Gasteiger partial charge in [-0.25, -0.2) is 0 Å². The Kier molecular flexibility index (Phi) is 3.41. The summed E-state index contributed by atoms with van der Waals surface area (Å²) in [6, 6.07) is 4.59. The minimum atomic E-state index is -0.474. The smallest absolute Gasteiger partial charge is 0.280 e. The molecule has 80 valence electrons. The first-order valence-electron chi connectivity index (χ1n) is 4.30. The van der Waals surface area contributed by atoms with Crippen LogP contribution < -0.4 is 10.5 Å². The molecule has 0 saturated heterocycles. The number of nitrogens with two attached hydrogens (primary N) is 1. The molecule has 15 heavy (non-hydrogen) atoms. The summed E-state index contributed by atoms with van der Waals surface area (Å²) >= 11 is 0. The lowest BCUT2D eigenvalue weighted by atomic mass is 10.1. The molecule has 5 heteroatoms. The molecule has 0 atom stereocenters. The van der Waals surface area contributed by atoms with Crippen molar-refractivity contribution in [2.24, 2.45) is 5.73 Å². The second kappa shape index (κ2) is 4.56. The lowest BCUT2D eigenvalue weighted by Crippen LogP contribution is -2.04. The molecule has 0 amide bonds. The number of rotatable bonds is 4. The predicted octanol–water partition coefficient (Wildman–Crippen LogP) is 1.58. The number of nitrogens with zero attached hydrogens (tertiary/aromatic N) is 1. The lowest BCUT2D eigenvalue weighted by molar-refractivity contribution is -0.385. The molecule has 2 N–H and O–H groups in total. The molecule has 1 aromatic carbocycles. The van der Waals surface area contributed by atoms with Crippen molar-refractivity contribution < 1.29 is 9.66 Å². The van der Waals surface area contributed by atoms with Gasteiger partial charge in [0.25, 0.3) is 5.69 Å². The zero-order valence-electron chi connectivity index (χ0n) is 8.40. The van der Waals surface area contributed by atoms with Crippen LogP contribution in [0.2, 0.25) is 0 Å². The third kappa shape index (κ3) is 2.32. The van der Waals surface area contributed by atoms with Crippen molar-refractivity contribution in [3.05, 3.63) is 40.5 Å². The summed E-state index contributed by atoms with van der Waals surface area (Å²) in [6.45, 7) is 3.86. The van der Waals surface area contributed by atoms with Gasteiger partial charge in [-0.1, -0.05) is 6.58 Å². The van der Waals surface area contributed by atoms with Gasteiger partial charge in [-0.05, 0) is 17.7 Å². The molecule has 0 aromatic heterocycles. The third-order valence-electron chi connectivity index (χ3n) is 2.03. The predicted molar refractivity (Wildman–Crippen MR) is 57.7 cm³/mol. The molecule has 0 saturated carbocycles. The number of ether oxygens (including phenoxy) is 1. The zero-order chi connectivity index (χ0) is 11.4. The highest BCUT2D eigenvalue weighted by Crippen LogP contribution is 2.28. The molecule has 0 bridgehead atoms. The Morgan fingerprint density at radius 2 is 2.33 bits per heavy atom.